The van der Waals surface area contributed by atoms with Gasteiger partial charge < -0.3 is 15.6 Å². The van der Waals surface area contributed by atoms with Crippen LogP contribution in [0.5, 0.6) is 0 Å². The Morgan fingerprint density at radius 1 is 1.50 bits per heavy atom. The van der Waals surface area contributed by atoms with Crippen LogP contribution in [0.2, 0.25) is 0 Å². The Morgan fingerprint density at radius 2 is 2.21 bits per heavy atom. The first-order valence-electron chi connectivity index (χ1n) is 4.96. The minimum atomic E-state index is -0.339. The number of carbonyl (C=O) groups is 1. The number of rotatable bonds is 2. The summed E-state index contributed by atoms with van der Waals surface area (Å²) in [5.74, 6) is -0.339. The maximum atomic E-state index is 11.1. The lowest BCUT2D eigenvalue weighted by Gasteiger charge is -2.25. The van der Waals surface area contributed by atoms with Crippen molar-refractivity contribution in [2.75, 3.05) is 13.1 Å². The highest BCUT2D eigenvalue weighted by Crippen LogP contribution is 2.20. The maximum Gasteiger partial charge on any atom is 0.265 e. The lowest BCUT2D eigenvalue weighted by atomic mass is 10.1. The number of nitrogens with zero attached hydrogens (tertiary/aromatic N) is 1. The van der Waals surface area contributed by atoms with Gasteiger partial charge in [0.25, 0.3) is 5.91 Å². The summed E-state index contributed by atoms with van der Waals surface area (Å²) in [6.45, 7) is 2.03. The molecule has 2 rings (SSSR count). The largest absolute Gasteiger partial charge is 0.364 e. The van der Waals surface area contributed by atoms with Gasteiger partial charge in [0, 0.05) is 12.2 Å². The molecule has 1 fully saturated rings. The van der Waals surface area contributed by atoms with Crippen LogP contribution in [0.1, 0.15) is 29.4 Å². The topological polar surface area (TPSA) is 60.1 Å². The van der Waals surface area contributed by atoms with Crippen LogP contribution in [-0.2, 0) is 0 Å². The highest BCUT2D eigenvalue weighted by molar-refractivity contribution is 5.91. The van der Waals surface area contributed by atoms with Gasteiger partial charge in [-0.05, 0) is 38.1 Å². The van der Waals surface area contributed by atoms with E-state index in [-0.39, 0.29) is 5.91 Å². The van der Waals surface area contributed by atoms with Crippen LogP contribution in [0.25, 0.3) is 0 Å². The number of amides is 1. The number of nitrogens with two attached hydrogens (primary N) is 1. The minimum absolute atomic E-state index is 0.339. The molecule has 0 saturated carbocycles. The van der Waals surface area contributed by atoms with E-state index in [1.54, 1.807) is 6.07 Å². The van der Waals surface area contributed by atoms with E-state index < -0.39 is 0 Å². The maximum absolute atomic E-state index is 11.1. The summed E-state index contributed by atoms with van der Waals surface area (Å²) in [7, 11) is 0. The molecular weight excluding hydrogens is 178 g/mol. The van der Waals surface area contributed by atoms with Crippen LogP contribution in [0, 0.1) is 0 Å². The lowest BCUT2D eigenvalue weighted by Crippen LogP contribution is -2.31. The number of primary amides is 1. The second-order valence-corrected chi connectivity index (χ2v) is 3.65. The van der Waals surface area contributed by atoms with Gasteiger partial charge in [0.2, 0.25) is 0 Å². The molecule has 0 radical (unpaired) electrons. The molecule has 4 nitrogen and oxygen atoms in total. The summed E-state index contributed by atoms with van der Waals surface area (Å²) in [6, 6.07) is 4.08. The Hall–Kier alpha value is -1.29. The van der Waals surface area contributed by atoms with Gasteiger partial charge in [-0.3, -0.25) is 4.79 Å². The first-order valence-corrected chi connectivity index (χ1v) is 4.96. The van der Waals surface area contributed by atoms with Crippen molar-refractivity contribution in [1.82, 2.24) is 9.88 Å². The molecule has 76 valence electrons. The smallest absolute Gasteiger partial charge is 0.265 e. The van der Waals surface area contributed by atoms with Crippen molar-refractivity contribution >= 4 is 5.91 Å². The average Bonchev–Trinajstić information content (AvgIpc) is 2.67. The third-order valence-corrected chi connectivity index (χ3v) is 2.73. The number of carbonyl (C=O) groups excluding carboxylic acids is 1. The monoisotopic (exact) mass is 193 g/mol. The molecule has 1 amide bonds. The number of hydrogen-bond acceptors (Lipinski definition) is 2. The number of piperidine rings is 1. The van der Waals surface area contributed by atoms with Crippen molar-refractivity contribution in [1.29, 1.82) is 0 Å². The van der Waals surface area contributed by atoms with Crippen molar-refractivity contribution in [3.8, 4) is 0 Å². The minimum Gasteiger partial charge on any atom is -0.364 e. The van der Waals surface area contributed by atoms with Gasteiger partial charge >= 0.3 is 0 Å². The summed E-state index contributed by atoms with van der Waals surface area (Å²) in [5, 5.41) is 3.30. The molecule has 0 aromatic carbocycles. The quantitative estimate of drug-likeness (QED) is 0.719. The standard InChI is InChI=1S/C10H15N3O/c11-10(14)9-2-1-7-13(9)8-3-5-12-6-4-8/h1-2,7-8,12H,3-6H2,(H2,11,14). The van der Waals surface area contributed by atoms with Crippen LogP contribution < -0.4 is 11.1 Å². The molecule has 1 aromatic heterocycles. The van der Waals surface area contributed by atoms with Gasteiger partial charge in [-0.15, -0.1) is 0 Å². The Balaban J connectivity index is 2.21. The fraction of sp³-hybridized carbons (Fsp3) is 0.500. The molecule has 0 bridgehead atoms. The van der Waals surface area contributed by atoms with Gasteiger partial charge in [-0.1, -0.05) is 0 Å². The van der Waals surface area contributed by atoms with Crippen molar-refractivity contribution < 1.29 is 4.79 Å². The summed E-state index contributed by atoms with van der Waals surface area (Å²) in [6.07, 6.45) is 4.07. The SMILES string of the molecule is NC(=O)c1cccn1C1CCNCC1. The molecule has 1 aromatic rings. The van der Waals surface area contributed by atoms with E-state index in [1.807, 2.05) is 16.8 Å². The van der Waals surface area contributed by atoms with E-state index in [9.17, 15) is 4.79 Å². The normalized spacial score (nSPS) is 18.3. The molecule has 1 saturated heterocycles. The Kier molecular flexibility index (Phi) is 2.54. The van der Waals surface area contributed by atoms with E-state index >= 15 is 0 Å². The van der Waals surface area contributed by atoms with E-state index in [2.05, 4.69) is 5.32 Å². The van der Waals surface area contributed by atoms with Crippen LogP contribution in [0.3, 0.4) is 0 Å². The Labute approximate surface area is 83.1 Å². The number of nitrogens with one attached hydrogen (secondary N) is 1. The predicted molar refractivity (Wildman–Crippen MR) is 54.1 cm³/mol. The van der Waals surface area contributed by atoms with Gasteiger partial charge in [0.15, 0.2) is 0 Å². The molecule has 0 spiro atoms. The first kappa shape index (κ1) is 9.27. The fourth-order valence-corrected chi connectivity index (χ4v) is 2.01. The Morgan fingerprint density at radius 3 is 2.86 bits per heavy atom. The summed E-state index contributed by atoms with van der Waals surface area (Å²) < 4.78 is 2.00. The third-order valence-electron chi connectivity index (χ3n) is 2.73. The zero-order valence-corrected chi connectivity index (χ0v) is 8.07. The average molecular weight is 193 g/mol. The van der Waals surface area contributed by atoms with E-state index in [0.29, 0.717) is 11.7 Å². The third kappa shape index (κ3) is 1.65. The summed E-state index contributed by atoms with van der Waals surface area (Å²) in [4.78, 5) is 11.1. The number of aromatic nitrogens is 1. The molecule has 2 heterocycles. The van der Waals surface area contributed by atoms with Crippen molar-refractivity contribution in [3.05, 3.63) is 24.0 Å². The molecular formula is C10H15N3O. The molecule has 0 aliphatic carbocycles. The van der Waals surface area contributed by atoms with Crippen LogP contribution >= 0.6 is 0 Å². The highest BCUT2D eigenvalue weighted by atomic mass is 16.1. The molecule has 4 heteroatoms. The Bertz CT molecular complexity index is 326. The fourth-order valence-electron chi connectivity index (χ4n) is 2.01. The zero-order valence-electron chi connectivity index (χ0n) is 8.07. The van der Waals surface area contributed by atoms with Gasteiger partial charge in [-0.2, -0.15) is 0 Å². The highest BCUT2D eigenvalue weighted by Gasteiger charge is 2.18. The van der Waals surface area contributed by atoms with Crippen molar-refractivity contribution in [2.24, 2.45) is 5.73 Å². The van der Waals surface area contributed by atoms with Gasteiger partial charge in [0.05, 0.1) is 0 Å². The van der Waals surface area contributed by atoms with Gasteiger partial charge in [-0.25, -0.2) is 0 Å². The van der Waals surface area contributed by atoms with Crippen molar-refractivity contribution in [2.45, 2.75) is 18.9 Å². The summed E-state index contributed by atoms with van der Waals surface area (Å²) >= 11 is 0. The lowest BCUT2D eigenvalue weighted by molar-refractivity contribution is 0.0988. The molecule has 1 aliphatic heterocycles. The molecule has 0 unspecified atom stereocenters. The molecule has 14 heavy (non-hydrogen) atoms. The predicted octanol–water partition coefficient (Wildman–Crippen LogP) is 0.511. The summed E-state index contributed by atoms with van der Waals surface area (Å²) in [5.41, 5.74) is 5.91. The molecule has 1 aliphatic rings. The first-order chi connectivity index (χ1) is 6.79. The van der Waals surface area contributed by atoms with Crippen LogP contribution in [0.15, 0.2) is 18.3 Å². The molecule has 3 N–H and O–H groups in total. The van der Waals surface area contributed by atoms with Crippen molar-refractivity contribution in [3.63, 3.8) is 0 Å². The van der Waals surface area contributed by atoms with E-state index in [0.717, 1.165) is 25.9 Å². The van der Waals surface area contributed by atoms with Crippen LogP contribution in [-0.4, -0.2) is 23.6 Å². The second kappa shape index (κ2) is 3.84. The second-order valence-electron chi connectivity index (χ2n) is 3.65. The van der Waals surface area contributed by atoms with Gasteiger partial charge in [0.1, 0.15) is 5.69 Å². The molecule has 0 atom stereocenters. The van der Waals surface area contributed by atoms with E-state index in [1.165, 1.54) is 0 Å². The van der Waals surface area contributed by atoms with E-state index in [4.69, 9.17) is 5.73 Å². The van der Waals surface area contributed by atoms with Crippen LogP contribution in [0.4, 0.5) is 0 Å². The zero-order chi connectivity index (χ0) is 9.97. The number of hydrogen-bond donors (Lipinski definition) is 2.